The average Bonchev–Trinajstić information content (AvgIpc) is 3.36. The van der Waals surface area contributed by atoms with E-state index in [9.17, 15) is 4.79 Å². The number of aromatic nitrogens is 5. The standard InChI is InChI=1S/C19H22N6O2S/c1-23-10-12(9-20-23)15-11-24(6-7-27-15)16-8-17-21-14-5-3-4-13(14)18(26)25(17)19(22-16)28-2/h8-10,15H,3-7,11H2,1-2H3. The molecule has 3 aromatic heterocycles. The van der Waals surface area contributed by atoms with Gasteiger partial charge in [0.1, 0.15) is 17.6 Å². The Morgan fingerprint density at radius 3 is 2.96 bits per heavy atom. The zero-order chi connectivity index (χ0) is 19.3. The van der Waals surface area contributed by atoms with Crippen LogP contribution in [0.5, 0.6) is 0 Å². The molecular formula is C19H22N6O2S. The first-order chi connectivity index (χ1) is 13.6. The molecule has 0 saturated carbocycles. The van der Waals surface area contributed by atoms with Crippen LogP contribution in [0.1, 0.15) is 29.3 Å². The molecule has 146 valence electrons. The van der Waals surface area contributed by atoms with Crippen molar-refractivity contribution in [3.05, 3.63) is 45.6 Å². The summed E-state index contributed by atoms with van der Waals surface area (Å²) in [6.07, 6.45) is 8.43. The average molecular weight is 398 g/mol. The van der Waals surface area contributed by atoms with Crippen LogP contribution in [0.15, 0.2) is 28.4 Å². The van der Waals surface area contributed by atoms with Gasteiger partial charge in [0.15, 0.2) is 5.16 Å². The Morgan fingerprint density at radius 2 is 2.18 bits per heavy atom. The molecule has 3 aromatic rings. The molecule has 1 unspecified atom stereocenters. The normalized spacial score (nSPS) is 19.4. The molecule has 0 N–H and O–H groups in total. The third-order valence-electron chi connectivity index (χ3n) is 5.46. The minimum atomic E-state index is -0.0478. The van der Waals surface area contributed by atoms with Gasteiger partial charge in [-0.25, -0.2) is 14.4 Å². The molecule has 1 saturated heterocycles. The summed E-state index contributed by atoms with van der Waals surface area (Å²) in [5.41, 5.74) is 3.58. The van der Waals surface area contributed by atoms with Crippen molar-refractivity contribution in [1.82, 2.24) is 24.1 Å². The van der Waals surface area contributed by atoms with Gasteiger partial charge in [0.25, 0.3) is 5.56 Å². The van der Waals surface area contributed by atoms with Crippen molar-refractivity contribution in [2.45, 2.75) is 30.5 Å². The Bertz CT molecular complexity index is 1110. The van der Waals surface area contributed by atoms with E-state index in [1.165, 1.54) is 11.8 Å². The van der Waals surface area contributed by atoms with Crippen LogP contribution in [0.2, 0.25) is 0 Å². The lowest BCUT2D eigenvalue weighted by atomic mass is 10.1. The minimum Gasteiger partial charge on any atom is -0.370 e. The highest BCUT2D eigenvalue weighted by Gasteiger charge is 2.26. The predicted octanol–water partition coefficient (Wildman–Crippen LogP) is 1.61. The van der Waals surface area contributed by atoms with Gasteiger partial charge >= 0.3 is 0 Å². The Kier molecular flexibility index (Phi) is 4.36. The summed E-state index contributed by atoms with van der Waals surface area (Å²) < 4.78 is 9.40. The second-order valence-electron chi connectivity index (χ2n) is 7.24. The Hall–Kier alpha value is -2.39. The summed E-state index contributed by atoms with van der Waals surface area (Å²) in [6, 6.07) is 1.94. The van der Waals surface area contributed by atoms with Crippen LogP contribution in [0.3, 0.4) is 0 Å². The molecule has 0 spiro atoms. The molecule has 28 heavy (non-hydrogen) atoms. The van der Waals surface area contributed by atoms with Crippen LogP contribution in [0.25, 0.3) is 5.65 Å². The maximum atomic E-state index is 13.0. The number of thioether (sulfide) groups is 1. The topological polar surface area (TPSA) is 77.5 Å². The number of rotatable bonds is 3. The smallest absolute Gasteiger partial charge is 0.263 e. The third-order valence-corrected chi connectivity index (χ3v) is 6.10. The van der Waals surface area contributed by atoms with E-state index < -0.39 is 0 Å². The second kappa shape index (κ2) is 6.89. The fourth-order valence-electron chi connectivity index (χ4n) is 4.05. The molecule has 1 aliphatic carbocycles. The van der Waals surface area contributed by atoms with Gasteiger partial charge in [-0.1, -0.05) is 11.8 Å². The molecule has 4 heterocycles. The van der Waals surface area contributed by atoms with Crippen LogP contribution in [-0.2, 0) is 24.6 Å². The molecule has 9 heteroatoms. The number of aryl methyl sites for hydroxylation is 2. The van der Waals surface area contributed by atoms with E-state index >= 15 is 0 Å². The molecule has 0 bridgehead atoms. The van der Waals surface area contributed by atoms with E-state index in [1.54, 1.807) is 9.08 Å². The first-order valence-electron chi connectivity index (χ1n) is 9.48. The van der Waals surface area contributed by atoms with Crippen molar-refractivity contribution >= 4 is 23.2 Å². The Labute approximate surface area is 166 Å². The predicted molar refractivity (Wildman–Crippen MR) is 107 cm³/mol. The second-order valence-corrected chi connectivity index (χ2v) is 8.02. The van der Waals surface area contributed by atoms with Crippen molar-refractivity contribution in [3.63, 3.8) is 0 Å². The van der Waals surface area contributed by atoms with Crippen molar-refractivity contribution in [2.24, 2.45) is 7.05 Å². The molecule has 8 nitrogen and oxygen atoms in total. The molecular weight excluding hydrogens is 376 g/mol. The molecule has 1 aliphatic heterocycles. The first-order valence-corrected chi connectivity index (χ1v) is 10.7. The van der Waals surface area contributed by atoms with Gasteiger partial charge in [-0.3, -0.25) is 9.48 Å². The molecule has 5 rings (SSSR count). The van der Waals surface area contributed by atoms with Crippen LogP contribution in [-0.4, -0.2) is 50.1 Å². The Morgan fingerprint density at radius 1 is 1.29 bits per heavy atom. The molecule has 2 aliphatic rings. The van der Waals surface area contributed by atoms with E-state index in [-0.39, 0.29) is 11.7 Å². The summed E-state index contributed by atoms with van der Waals surface area (Å²) in [6.45, 7) is 2.06. The zero-order valence-corrected chi connectivity index (χ0v) is 16.8. The van der Waals surface area contributed by atoms with Gasteiger partial charge in [-0.05, 0) is 25.5 Å². The van der Waals surface area contributed by atoms with E-state index in [0.29, 0.717) is 24.0 Å². The molecule has 0 amide bonds. The van der Waals surface area contributed by atoms with Gasteiger partial charge in [-0.2, -0.15) is 5.10 Å². The van der Waals surface area contributed by atoms with Gasteiger partial charge in [-0.15, -0.1) is 0 Å². The van der Waals surface area contributed by atoms with Crippen LogP contribution in [0, 0.1) is 0 Å². The maximum Gasteiger partial charge on any atom is 0.263 e. The summed E-state index contributed by atoms with van der Waals surface area (Å²) in [5, 5.41) is 4.94. The molecule has 1 fully saturated rings. The largest absolute Gasteiger partial charge is 0.370 e. The summed E-state index contributed by atoms with van der Waals surface area (Å²) in [7, 11) is 1.90. The van der Waals surface area contributed by atoms with Gasteiger partial charge in [0, 0.05) is 43.5 Å². The highest BCUT2D eigenvalue weighted by atomic mass is 32.2. The minimum absolute atomic E-state index is 0.0381. The van der Waals surface area contributed by atoms with Crippen molar-refractivity contribution in [1.29, 1.82) is 0 Å². The van der Waals surface area contributed by atoms with Crippen LogP contribution in [0.4, 0.5) is 5.82 Å². The number of anilines is 1. The van der Waals surface area contributed by atoms with Crippen molar-refractivity contribution in [2.75, 3.05) is 30.9 Å². The lowest BCUT2D eigenvalue weighted by Crippen LogP contribution is -2.39. The first kappa shape index (κ1) is 17.7. The third kappa shape index (κ3) is 2.89. The number of fused-ring (bicyclic) bond motifs is 2. The van der Waals surface area contributed by atoms with Crippen molar-refractivity contribution in [3.8, 4) is 0 Å². The van der Waals surface area contributed by atoms with E-state index in [2.05, 4.69) is 10.00 Å². The van der Waals surface area contributed by atoms with Crippen LogP contribution >= 0.6 is 11.8 Å². The number of ether oxygens (including phenoxy) is 1. The molecule has 0 radical (unpaired) electrons. The fraction of sp³-hybridized carbons (Fsp3) is 0.474. The number of nitrogens with zero attached hydrogens (tertiary/aromatic N) is 6. The SMILES string of the molecule is CSc1nc(N2CCOC(c3cnn(C)c3)C2)cc2nc3c(c(=O)n12)CCC3. The fourth-order valence-corrected chi connectivity index (χ4v) is 4.59. The van der Waals surface area contributed by atoms with E-state index in [0.717, 1.165) is 48.4 Å². The number of hydrogen-bond donors (Lipinski definition) is 0. The summed E-state index contributed by atoms with van der Waals surface area (Å²) >= 11 is 1.48. The lowest BCUT2D eigenvalue weighted by Gasteiger charge is -2.33. The quantitative estimate of drug-likeness (QED) is 0.490. The number of hydrogen-bond acceptors (Lipinski definition) is 7. The summed E-state index contributed by atoms with van der Waals surface area (Å²) in [4.78, 5) is 24.8. The Balaban J connectivity index is 1.55. The zero-order valence-electron chi connectivity index (χ0n) is 16.0. The van der Waals surface area contributed by atoms with Gasteiger partial charge < -0.3 is 9.64 Å². The summed E-state index contributed by atoms with van der Waals surface area (Å²) in [5.74, 6) is 0.839. The van der Waals surface area contributed by atoms with Gasteiger partial charge in [0.05, 0.1) is 18.5 Å². The van der Waals surface area contributed by atoms with E-state index in [1.807, 2.05) is 31.8 Å². The number of morpholine rings is 1. The maximum absolute atomic E-state index is 13.0. The van der Waals surface area contributed by atoms with Gasteiger partial charge in [0.2, 0.25) is 0 Å². The van der Waals surface area contributed by atoms with Crippen LogP contribution < -0.4 is 10.5 Å². The highest BCUT2D eigenvalue weighted by molar-refractivity contribution is 7.98. The molecule has 1 atom stereocenters. The van der Waals surface area contributed by atoms with Crippen molar-refractivity contribution < 1.29 is 4.74 Å². The van der Waals surface area contributed by atoms with E-state index in [4.69, 9.17) is 14.7 Å². The highest BCUT2D eigenvalue weighted by Crippen LogP contribution is 2.27. The monoisotopic (exact) mass is 398 g/mol. The lowest BCUT2D eigenvalue weighted by molar-refractivity contribution is 0.0394. The molecule has 0 aromatic carbocycles.